The van der Waals surface area contributed by atoms with Crippen LogP contribution in [0, 0.1) is 4.77 Å². The predicted molar refractivity (Wildman–Crippen MR) is 124 cm³/mol. The average Bonchev–Trinajstić information content (AvgIpc) is 3.05. The van der Waals surface area contributed by atoms with E-state index in [4.69, 9.17) is 17.0 Å². The Morgan fingerprint density at radius 1 is 1.16 bits per heavy atom. The van der Waals surface area contributed by atoms with E-state index in [1.165, 1.54) is 17.4 Å². The van der Waals surface area contributed by atoms with Crippen LogP contribution in [0.4, 0.5) is 0 Å². The maximum absolute atomic E-state index is 13.1. The Bertz CT molecular complexity index is 1210. The first-order valence-electron chi connectivity index (χ1n) is 10.8. The first kappa shape index (κ1) is 21.3. The minimum Gasteiger partial charge on any atom is -0.496 e. The Kier molecular flexibility index (Phi) is 6.51. The molecule has 31 heavy (non-hydrogen) atoms. The summed E-state index contributed by atoms with van der Waals surface area (Å²) in [5, 5.41) is 3.64. The zero-order chi connectivity index (χ0) is 21.8. The van der Waals surface area contributed by atoms with Crippen molar-refractivity contribution in [1.82, 2.24) is 14.9 Å². The largest absolute Gasteiger partial charge is 0.496 e. The standard InChI is InChI=1S/C24H27N3O3S/c1-30-21-11-7-6-8-17(21)15-27-23(29)19-13-12-16(14-20(19)26-24(27)31)22(28)25-18-9-4-2-3-5-10-18/h6-8,11-14,18H,2-5,9-10,15H2,1H3,(H,25,28)(H,26,31). The van der Waals surface area contributed by atoms with E-state index in [0.717, 1.165) is 31.2 Å². The molecule has 0 atom stereocenters. The molecule has 1 aliphatic carbocycles. The van der Waals surface area contributed by atoms with Gasteiger partial charge < -0.3 is 15.0 Å². The van der Waals surface area contributed by atoms with Crippen molar-refractivity contribution in [2.75, 3.05) is 7.11 Å². The second kappa shape index (κ2) is 9.47. The smallest absolute Gasteiger partial charge is 0.262 e. The van der Waals surface area contributed by atoms with Gasteiger partial charge in [-0.05, 0) is 49.3 Å². The fraction of sp³-hybridized carbons (Fsp3) is 0.375. The number of hydrogen-bond donors (Lipinski definition) is 2. The Balaban J connectivity index is 1.62. The molecule has 1 fully saturated rings. The molecule has 1 saturated carbocycles. The Labute approximate surface area is 186 Å². The van der Waals surface area contributed by atoms with Crippen LogP contribution in [0.1, 0.15) is 54.4 Å². The number of rotatable bonds is 5. The molecule has 1 aromatic heterocycles. The topological polar surface area (TPSA) is 76.1 Å². The van der Waals surface area contributed by atoms with E-state index in [2.05, 4.69) is 10.3 Å². The van der Waals surface area contributed by atoms with Gasteiger partial charge in [-0.1, -0.05) is 43.9 Å². The minimum atomic E-state index is -0.194. The molecular weight excluding hydrogens is 410 g/mol. The van der Waals surface area contributed by atoms with Crippen molar-refractivity contribution < 1.29 is 9.53 Å². The number of benzene rings is 2. The Hall–Kier alpha value is -2.93. The number of nitrogens with zero attached hydrogens (tertiary/aromatic N) is 1. The van der Waals surface area contributed by atoms with Crippen LogP contribution in [-0.4, -0.2) is 28.6 Å². The number of carbonyl (C=O) groups is 1. The number of methoxy groups -OCH3 is 1. The SMILES string of the molecule is COc1ccccc1Cn1c(=S)[nH]c2cc(C(=O)NC3CCCCCC3)ccc2c1=O. The van der Waals surface area contributed by atoms with Gasteiger partial charge in [-0.3, -0.25) is 14.2 Å². The molecule has 0 saturated heterocycles. The number of amides is 1. The Morgan fingerprint density at radius 2 is 1.90 bits per heavy atom. The van der Waals surface area contributed by atoms with Crippen molar-refractivity contribution in [3.63, 3.8) is 0 Å². The van der Waals surface area contributed by atoms with Crippen molar-refractivity contribution >= 4 is 29.0 Å². The van der Waals surface area contributed by atoms with Crippen molar-refractivity contribution in [1.29, 1.82) is 0 Å². The lowest BCUT2D eigenvalue weighted by Crippen LogP contribution is -2.34. The fourth-order valence-corrected chi connectivity index (χ4v) is 4.49. The molecule has 6 nitrogen and oxygen atoms in total. The maximum Gasteiger partial charge on any atom is 0.262 e. The summed E-state index contributed by atoms with van der Waals surface area (Å²) < 4.78 is 7.22. The summed E-state index contributed by atoms with van der Waals surface area (Å²) in [6.07, 6.45) is 6.83. The van der Waals surface area contributed by atoms with Gasteiger partial charge in [-0.25, -0.2) is 0 Å². The number of hydrogen-bond acceptors (Lipinski definition) is 4. The third kappa shape index (κ3) is 4.71. The van der Waals surface area contributed by atoms with Crippen LogP contribution in [0.2, 0.25) is 0 Å². The van der Waals surface area contributed by atoms with E-state index >= 15 is 0 Å². The van der Waals surface area contributed by atoms with Crippen molar-refractivity contribution in [3.8, 4) is 5.75 Å². The van der Waals surface area contributed by atoms with E-state index in [9.17, 15) is 9.59 Å². The number of carbonyl (C=O) groups excluding carboxylic acids is 1. The molecule has 2 N–H and O–H groups in total. The van der Waals surface area contributed by atoms with Crippen LogP contribution >= 0.6 is 12.2 Å². The number of ether oxygens (including phenoxy) is 1. The summed E-state index contributed by atoms with van der Waals surface area (Å²) >= 11 is 5.47. The van der Waals surface area contributed by atoms with Gasteiger partial charge in [0.1, 0.15) is 5.75 Å². The molecule has 1 heterocycles. The molecule has 4 rings (SSSR count). The van der Waals surface area contributed by atoms with Crippen LogP contribution in [0.3, 0.4) is 0 Å². The number of aromatic amines is 1. The number of fused-ring (bicyclic) bond motifs is 1. The number of H-pyrrole nitrogens is 1. The van der Waals surface area contributed by atoms with Crippen LogP contribution in [0.25, 0.3) is 10.9 Å². The quantitative estimate of drug-likeness (QED) is 0.453. The van der Waals surface area contributed by atoms with Gasteiger partial charge in [0.25, 0.3) is 11.5 Å². The highest BCUT2D eigenvalue weighted by molar-refractivity contribution is 7.71. The fourth-order valence-electron chi connectivity index (χ4n) is 4.24. The molecule has 162 valence electrons. The first-order valence-corrected chi connectivity index (χ1v) is 11.2. The lowest BCUT2D eigenvalue weighted by atomic mass is 10.1. The van der Waals surface area contributed by atoms with E-state index in [1.807, 2.05) is 24.3 Å². The van der Waals surface area contributed by atoms with Crippen LogP contribution in [0.15, 0.2) is 47.3 Å². The van der Waals surface area contributed by atoms with Crippen molar-refractivity contribution in [2.45, 2.75) is 51.1 Å². The van der Waals surface area contributed by atoms with Crippen molar-refractivity contribution in [2.24, 2.45) is 0 Å². The summed E-state index contributed by atoms with van der Waals surface area (Å²) in [5.41, 5.74) is 1.77. The second-order valence-electron chi connectivity index (χ2n) is 8.06. The van der Waals surface area contributed by atoms with E-state index in [-0.39, 0.29) is 17.5 Å². The zero-order valence-corrected chi connectivity index (χ0v) is 18.5. The lowest BCUT2D eigenvalue weighted by Gasteiger charge is -2.16. The van der Waals surface area contributed by atoms with Gasteiger partial charge in [-0.15, -0.1) is 0 Å². The van der Waals surface area contributed by atoms with Crippen LogP contribution in [0.5, 0.6) is 5.75 Å². The highest BCUT2D eigenvalue weighted by Crippen LogP contribution is 2.20. The molecule has 2 aromatic carbocycles. The van der Waals surface area contributed by atoms with Crippen LogP contribution < -0.4 is 15.6 Å². The molecule has 1 amide bonds. The average molecular weight is 438 g/mol. The summed E-state index contributed by atoms with van der Waals surface area (Å²) in [7, 11) is 1.60. The monoisotopic (exact) mass is 437 g/mol. The molecule has 0 bridgehead atoms. The lowest BCUT2D eigenvalue weighted by molar-refractivity contribution is 0.0933. The van der Waals surface area contributed by atoms with Gasteiger partial charge in [0, 0.05) is 17.2 Å². The summed E-state index contributed by atoms with van der Waals surface area (Å²) in [6, 6.07) is 12.9. The van der Waals surface area contributed by atoms with E-state index in [0.29, 0.717) is 33.5 Å². The third-order valence-electron chi connectivity index (χ3n) is 5.96. The van der Waals surface area contributed by atoms with Crippen LogP contribution in [-0.2, 0) is 6.54 Å². The number of para-hydroxylation sites is 1. The second-order valence-corrected chi connectivity index (χ2v) is 8.44. The maximum atomic E-state index is 13.1. The third-order valence-corrected chi connectivity index (χ3v) is 6.28. The molecule has 3 aromatic rings. The number of aromatic nitrogens is 2. The van der Waals surface area contributed by atoms with Gasteiger partial charge in [0.2, 0.25) is 0 Å². The highest BCUT2D eigenvalue weighted by Gasteiger charge is 2.17. The van der Waals surface area contributed by atoms with Gasteiger partial charge in [0.05, 0.1) is 24.6 Å². The Morgan fingerprint density at radius 3 is 2.65 bits per heavy atom. The minimum absolute atomic E-state index is 0.105. The number of nitrogens with one attached hydrogen (secondary N) is 2. The van der Waals surface area contributed by atoms with E-state index < -0.39 is 0 Å². The molecule has 0 aliphatic heterocycles. The summed E-state index contributed by atoms with van der Waals surface area (Å²) in [4.78, 5) is 29.0. The van der Waals surface area contributed by atoms with Gasteiger partial charge in [0.15, 0.2) is 4.77 Å². The molecule has 7 heteroatoms. The van der Waals surface area contributed by atoms with Gasteiger partial charge >= 0.3 is 0 Å². The van der Waals surface area contributed by atoms with E-state index in [1.54, 1.807) is 25.3 Å². The predicted octanol–water partition coefficient (Wildman–Crippen LogP) is 4.57. The molecule has 1 aliphatic rings. The normalized spacial score (nSPS) is 14.9. The van der Waals surface area contributed by atoms with Crippen molar-refractivity contribution in [3.05, 3.63) is 68.7 Å². The first-order chi connectivity index (χ1) is 15.1. The summed E-state index contributed by atoms with van der Waals surface area (Å²) in [5.74, 6) is 0.598. The molecule has 0 spiro atoms. The summed E-state index contributed by atoms with van der Waals surface area (Å²) in [6.45, 7) is 0.304. The van der Waals surface area contributed by atoms with Gasteiger partial charge in [-0.2, -0.15) is 0 Å². The molecular formula is C24H27N3O3S. The molecule has 0 unspecified atom stereocenters. The zero-order valence-electron chi connectivity index (χ0n) is 17.6. The highest BCUT2D eigenvalue weighted by atomic mass is 32.1. The molecule has 0 radical (unpaired) electrons.